The number of benzene rings is 2. The van der Waals surface area contributed by atoms with Crippen molar-refractivity contribution in [1.82, 2.24) is 4.98 Å². The molecule has 0 aliphatic carbocycles. The standard InChI is InChI=1S/C22H18ClN3OS/c23-21-10-9-20(28-21)16-7-8-18(24)19(12-16)26-22(27)15-5-3-14(4-6-15)17-2-1-11-25-13-17/h1-9,11-13,21H,10,24H2,(H,26,27). The summed E-state index contributed by atoms with van der Waals surface area (Å²) in [5, 5.41) is 2.92. The van der Waals surface area contributed by atoms with E-state index in [9.17, 15) is 4.79 Å². The second kappa shape index (κ2) is 8.09. The van der Waals surface area contributed by atoms with Crippen molar-refractivity contribution in [1.29, 1.82) is 0 Å². The zero-order valence-corrected chi connectivity index (χ0v) is 16.5. The van der Waals surface area contributed by atoms with Crippen LogP contribution in [-0.4, -0.2) is 15.6 Å². The predicted octanol–water partition coefficient (Wildman–Crippen LogP) is 5.63. The molecule has 3 N–H and O–H groups in total. The number of carbonyl (C=O) groups excluding carboxylic acids is 1. The molecule has 1 aliphatic rings. The largest absolute Gasteiger partial charge is 0.397 e. The van der Waals surface area contributed by atoms with Crippen LogP contribution in [0.15, 0.2) is 73.1 Å². The fourth-order valence-corrected chi connectivity index (χ4v) is 4.28. The number of anilines is 2. The molecule has 1 aromatic heterocycles. The first kappa shape index (κ1) is 18.6. The molecule has 0 bridgehead atoms. The van der Waals surface area contributed by atoms with E-state index in [-0.39, 0.29) is 10.6 Å². The molecule has 0 fully saturated rings. The van der Waals surface area contributed by atoms with E-state index >= 15 is 0 Å². The highest BCUT2D eigenvalue weighted by Crippen LogP contribution is 2.42. The molecule has 1 amide bonds. The van der Waals surface area contributed by atoms with Gasteiger partial charge < -0.3 is 11.1 Å². The van der Waals surface area contributed by atoms with Gasteiger partial charge in [0.25, 0.3) is 5.91 Å². The Morgan fingerprint density at radius 2 is 1.89 bits per heavy atom. The second-order valence-electron chi connectivity index (χ2n) is 6.41. The van der Waals surface area contributed by atoms with Crippen molar-refractivity contribution in [3.05, 3.63) is 84.2 Å². The van der Waals surface area contributed by atoms with Gasteiger partial charge in [-0.1, -0.05) is 30.3 Å². The number of rotatable bonds is 4. The van der Waals surface area contributed by atoms with E-state index in [1.54, 1.807) is 42.4 Å². The summed E-state index contributed by atoms with van der Waals surface area (Å²) in [6, 6.07) is 16.9. The quantitative estimate of drug-likeness (QED) is 0.434. The molecule has 0 saturated heterocycles. The van der Waals surface area contributed by atoms with E-state index in [4.69, 9.17) is 17.3 Å². The first-order chi connectivity index (χ1) is 13.6. The Balaban J connectivity index is 1.52. The van der Waals surface area contributed by atoms with Gasteiger partial charge in [-0.2, -0.15) is 0 Å². The van der Waals surface area contributed by atoms with Gasteiger partial charge in [0.05, 0.1) is 16.1 Å². The summed E-state index contributed by atoms with van der Waals surface area (Å²) in [6.07, 6.45) is 6.47. The Morgan fingerprint density at radius 1 is 1.11 bits per heavy atom. The van der Waals surface area contributed by atoms with Crippen molar-refractivity contribution < 1.29 is 4.79 Å². The number of pyridine rings is 1. The lowest BCUT2D eigenvalue weighted by atomic mass is 10.1. The average Bonchev–Trinajstić information content (AvgIpc) is 3.17. The summed E-state index contributed by atoms with van der Waals surface area (Å²) in [7, 11) is 0. The lowest BCUT2D eigenvalue weighted by Gasteiger charge is -2.12. The van der Waals surface area contributed by atoms with Crippen LogP contribution in [-0.2, 0) is 0 Å². The molecular weight excluding hydrogens is 390 g/mol. The maximum Gasteiger partial charge on any atom is 0.255 e. The molecular formula is C22H18ClN3OS. The summed E-state index contributed by atoms with van der Waals surface area (Å²) >= 11 is 7.78. The monoisotopic (exact) mass is 407 g/mol. The molecule has 2 aromatic carbocycles. The number of hydrogen-bond donors (Lipinski definition) is 2. The maximum absolute atomic E-state index is 12.7. The van der Waals surface area contributed by atoms with Crippen LogP contribution in [0.3, 0.4) is 0 Å². The molecule has 1 aliphatic heterocycles. The van der Waals surface area contributed by atoms with E-state index in [1.807, 2.05) is 36.4 Å². The van der Waals surface area contributed by atoms with E-state index < -0.39 is 0 Å². The molecule has 1 atom stereocenters. The third-order valence-electron chi connectivity index (χ3n) is 4.47. The molecule has 0 radical (unpaired) electrons. The second-order valence-corrected chi connectivity index (χ2v) is 8.44. The molecule has 2 heterocycles. The van der Waals surface area contributed by atoms with Gasteiger partial charge >= 0.3 is 0 Å². The highest BCUT2D eigenvalue weighted by Gasteiger charge is 2.18. The molecule has 1 unspecified atom stereocenters. The maximum atomic E-state index is 12.7. The lowest BCUT2D eigenvalue weighted by Crippen LogP contribution is -2.13. The number of alkyl halides is 1. The van der Waals surface area contributed by atoms with Gasteiger partial charge in [0, 0.05) is 22.9 Å². The predicted molar refractivity (Wildman–Crippen MR) is 118 cm³/mol. The third kappa shape index (κ3) is 4.06. The number of nitrogens with two attached hydrogens (primary N) is 1. The van der Waals surface area contributed by atoms with Gasteiger partial charge in [-0.15, -0.1) is 23.4 Å². The van der Waals surface area contributed by atoms with Crippen LogP contribution in [0.2, 0.25) is 0 Å². The summed E-state index contributed by atoms with van der Waals surface area (Å²) in [6.45, 7) is 0. The average molecular weight is 408 g/mol. The fourth-order valence-electron chi connectivity index (χ4n) is 2.98. The molecule has 0 spiro atoms. The van der Waals surface area contributed by atoms with Crippen molar-refractivity contribution in [3.8, 4) is 11.1 Å². The van der Waals surface area contributed by atoms with Gasteiger partial charge in [-0.3, -0.25) is 9.78 Å². The summed E-state index contributed by atoms with van der Waals surface area (Å²) < 4.78 is 0.0592. The number of thioether (sulfide) groups is 1. The summed E-state index contributed by atoms with van der Waals surface area (Å²) in [5.41, 5.74) is 10.8. The van der Waals surface area contributed by atoms with Crippen LogP contribution in [0.25, 0.3) is 16.0 Å². The van der Waals surface area contributed by atoms with Gasteiger partial charge in [-0.05, 0) is 53.4 Å². The van der Waals surface area contributed by atoms with Crippen molar-refractivity contribution in [2.24, 2.45) is 0 Å². The Morgan fingerprint density at radius 3 is 2.57 bits per heavy atom. The minimum absolute atomic E-state index is 0.0592. The zero-order chi connectivity index (χ0) is 19.5. The van der Waals surface area contributed by atoms with E-state index in [2.05, 4.69) is 16.4 Å². The minimum atomic E-state index is -0.204. The van der Waals surface area contributed by atoms with Crippen LogP contribution < -0.4 is 11.1 Å². The molecule has 28 heavy (non-hydrogen) atoms. The Hall–Kier alpha value is -2.76. The number of nitrogen functional groups attached to an aromatic ring is 1. The normalized spacial score (nSPS) is 15.9. The SMILES string of the molecule is Nc1ccc(C2=CCC(Cl)S2)cc1NC(=O)c1ccc(-c2cccnc2)cc1. The highest BCUT2D eigenvalue weighted by molar-refractivity contribution is 8.10. The molecule has 4 nitrogen and oxygen atoms in total. The van der Waals surface area contributed by atoms with Crippen molar-refractivity contribution in [2.45, 2.75) is 11.1 Å². The van der Waals surface area contributed by atoms with E-state index in [1.165, 1.54) is 0 Å². The van der Waals surface area contributed by atoms with Crippen molar-refractivity contribution in [3.63, 3.8) is 0 Å². The molecule has 140 valence electrons. The number of nitrogens with one attached hydrogen (secondary N) is 1. The Labute approximate surface area is 172 Å². The van der Waals surface area contributed by atoms with Crippen molar-refractivity contribution in [2.75, 3.05) is 11.1 Å². The van der Waals surface area contributed by atoms with Crippen LogP contribution in [0.1, 0.15) is 22.3 Å². The van der Waals surface area contributed by atoms with E-state index in [0.29, 0.717) is 16.9 Å². The highest BCUT2D eigenvalue weighted by atomic mass is 35.5. The fraction of sp³-hybridized carbons (Fsp3) is 0.0909. The number of carbonyl (C=O) groups is 1. The van der Waals surface area contributed by atoms with Crippen LogP contribution >= 0.6 is 23.4 Å². The number of aromatic nitrogens is 1. The third-order valence-corrected chi connectivity index (χ3v) is 6.02. The molecule has 0 saturated carbocycles. The van der Waals surface area contributed by atoms with Crippen LogP contribution in [0.5, 0.6) is 0 Å². The number of nitrogens with zero attached hydrogens (tertiary/aromatic N) is 1. The first-order valence-corrected chi connectivity index (χ1v) is 10.1. The van der Waals surface area contributed by atoms with Gasteiger partial charge in [-0.25, -0.2) is 0 Å². The Bertz CT molecular complexity index is 1040. The smallest absolute Gasteiger partial charge is 0.255 e. The molecule has 4 rings (SSSR count). The van der Waals surface area contributed by atoms with Crippen molar-refractivity contribution >= 4 is 45.5 Å². The molecule has 3 aromatic rings. The van der Waals surface area contributed by atoms with E-state index in [0.717, 1.165) is 28.0 Å². The Kier molecular flexibility index (Phi) is 5.37. The minimum Gasteiger partial charge on any atom is -0.397 e. The number of hydrogen-bond acceptors (Lipinski definition) is 4. The number of halogens is 1. The topological polar surface area (TPSA) is 68.0 Å². The number of amides is 1. The number of allylic oxidation sites excluding steroid dienone is 1. The lowest BCUT2D eigenvalue weighted by molar-refractivity contribution is 0.102. The summed E-state index contributed by atoms with van der Waals surface area (Å²) in [5.74, 6) is -0.204. The summed E-state index contributed by atoms with van der Waals surface area (Å²) in [4.78, 5) is 17.9. The zero-order valence-electron chi connectivity index (χ0n) is 14.9. The van der Waals surface area contributed by atoms with Gasteiger partial charge in [0.2, 0.25) is 0 Å². The van der Waals surface area contributed by atoms with Crippen LogP contribution in [0.4, 0.5) is 11.4 Å². The molecule has 6 heteroatoms. The van der Waals surface area contributed by atoms with Gasteiger partial charge in [0.15, 0.2) is 0 Å². The van der Waals surface area contributed by atoms with Crippen LogP contribution in [0, 0.1) is 0 Å². The van der Waals surface area contributed by atoms with Gasteiger partial charge in [0.1, 0.15) is 0 Å². The first-order valence-electron chi connectivity index (χ1n) is 8.83.